The molecule has 0 bridgehead atoms. The van der Waals surface area contributed by atoms with Gasteiger partial charge in [-0.1, -0.05) is 6.07 Å². The van der Waals surface area contributed by atoms with E-state index in [1.165, 1.54) is 23.1 Å². The van der Waals surface area contributed by atoms with Crippen LogP contribution < -0.4 is 4.74 Å². The van der Waals surface area contributed by atoms with Gasteiger partial charge in [-0.2, -0.15) is 5.10 Å². The number of aromatic nitrogens is 5. The van der Waals surface area contributed by atoms with Crippen LogP contribution in [0, 0.1) is 12.7 Å². The van der Waals surface area contributed by atoms with Crippen molar-refractivity contribution in [2.45, 2.75) is 13.3 Å². The molecule has 0 radical (unpaired) electrons. The predicted octanol–water partition coefficient (Wildman–Crippen LogP) is 3.18. The highest BCUT2D eigenvalue weighted by Gasteiger charge is 2.16. The molecule has 0 N–H and O–H groups in total. The monoisotopic (exact) mass is 363 g/mol. The minimum absolute atomic E-state index is 0.119. The summed E-state index contributed by atoms with van der Waals surface area (Å²) in [5, 5.41) is 4.07. The lowest BCUT2D eigenvalue weighted by Gasteiger charge is -2.09. The molecule has 0 saturated heterocycles. The number of ether oxygens (including phenoxy) is 1. The Morgan fingerprint density at radius 3 is 2.81 bits per heavy atom. The SMILES string of the molecule is Cc1ccc(CC(=O)c2cc(Oc3cncc(F)c3)cn3ncnc23)nc1. The summed E-state index contributed by atoms with van der Waals surface area (Å²) in [4.78, 5) is 25.0. The van der Waals surface area contributed by atoms with Crippen LogP contribution in [0.15, 0.2) is 55.4 Å². The van der Waals surface area contributed by atoms with Crippen LogP contribution in [0.3, 0.4) is 0 Å². The van der Waals surface area contributed by atoms with Crippen molar-refractivity contribution >= 4 is 11.4 Å². The Morgan fingerprint density at radius 2 is 2.04 bits per heavy atom. The number of nitrogens with zero attached hydrogens (tertiary/aromatic N) is 5. The van der Waals surface area contributed by atoms with Gasteiger partial charge in [-0.15, -0.1) is 0 Å². The first-order chi connectivity index (χ1) is 13.1. The smallest absolute Gasteiger partial charge is 0.172 e. The quantitative estimate of drug-likeness (QED) is 0.507. The second kappa shape index (κ2) is 6.91. The van der Waals surface area contributed by atoms with Crippen LogP contribution in [-0.2, 0) is 6.42 Å². The van der Waals surface area contributed by atoms with E-state index in [1.807, 2.05) is 19.1 Å². The molecule has 0 aromatic carbocycles. The Morgan fingerprint density at radius 1 is 1.15 bits per heavy atom. The topological polar surface area (TPSA) is 82.3 Å². The molecule has 8 heteroatoms. The number of fused-ring (bicyclic) bond motifs is 1. The zero-order chi connectivity index (χ0) is 18.8. The number of pyridine rings is 3. The van der Waals surface area contributed by atoms with E-state index in [-0.39, 0.29) is 18.0 Å². The number of carbonyl (C=O) groups excluding carboxylic acids is 1. The molecule has 4 aromatic rings. The molecule has 0 atom stereocenters. The van der Waals surface area contributed by atoms with E-state index in [2.05, 4.69) is 20.1 Å². The Labute approximate surface area is 153 Å². The van der Waals surface area contributed by atoms with Gasteiger partial charge in [0.25, 0.3) is 0 Å². The number of halogens is 1. The van der Waals surface area contributed by atoms with E-state index in [0.29, 0.717) is 22.7 Å². The minimum atomic E-state index is -0.518. The lowest BCUT2D eigenvalue weighted by Crippen LogP contribution is -2.08. The summed E-state index contributed by atoms with van der Waals surface area (Å²) >= 11 is 0. The van der Waals surface area contributed by atoms with Gasteiger partial charge in [0.2, 0.25) is 0 Å². The number of hydrogen-bond donors (Lipinski definition) is 0. The summed E-state index contributed by atoms with van der Waals surface area (Å²) in [7, 11) is 0. The summed E-state index contributed by atoms with van der Waals surface area (Å²) in [6, 6.07) is 6.48. The Bertz CT molecular complexity index is 1120. The number of aryl methyl sites for hydroxylation is 1. The zero-order valence-corrected chi connectivity index (χ0v) is 14.3. The van der Waals surface area contributed by atoms with Crippen molar-refractivity contribution in [2.75, 3.05) is 0 Å². The van der Waals surface area contributed by atoms with E-state index in [0.717, 1.165) is 11.8 Å². The van der Waals surface area contributed by atoms with Gasteiger partial charge in [-0.05, 0) is 24.6 Å². The average molecular weight is 363 g/mol. The van der Waals surface area contributed by atoms with E-state index in [9.17, 15) is 9.18 Å². The summed E-state index contributed by atoms with van der Waals surface area (Å²) in [6.07, 6.45) is 7.21. The molecular formula is C19H14FN5O2. The molecule has 134 valence electrons. The van der Waals surface area contributed by atoms with E-state index < -0.39 is 5.82 Å². The Kier molecular flexibility index (Phi) is 4.29. The van der Waals surface area contributed by atoms with E-state index in [4.69, 9.17) is 4.74 Å². The van der Waals surface area contributed by atoms with Gasteiger partial charge in [0, 0.05) is 18.0 Å². The lowest BCUT2D eigenvalue weighted by molar-refractivity contribution is 0.0992. The molecule has 0 amide bonds. The number of ketones is 1. The number of carbonyl (C=O) groups is 1. The van der Waals surface area contributed by atoms with Gasteiger partial charge in [0.1, 0.15) is 23.6 Å². The summed E-state index contributed by atoms with van der Waals surface area (Å²) in [5.41, 5.74) is 2.43. The molecule has 0 aliphatic rings. The first-order valence-corrected chi connectivity index (χ1v) is 8.15. The van der Waals surface area contributed by atoms with Crippen molar-refractivity contribution in [1.82, 2.24) is 24.6 Å². The van der Waals surface area contributed by atoms with Crippen LogP contribution in [0.5, 0.6) is 11.5 Å². The van der Waals surface area contributed by atoms with Crippen LogP contribution in [-0.4, -0.2) is 30.3 Å². The van der Waals surface area contributed by atoms with Crippen molar-refractivity contribution in [1.29, 1.82) is 0 Å². The normalized spacial score (nSPS) is 10.9. The maximum atomic E-state index is 13.3. The summed E-state index contributed by atoms with van der Waals surface area (Å²) in [6.45, 7) is 1.93. The van der Waals surface area contributed by atoms with Crippen LogP contribution in [0.4, 0.5) is 4.39 Å². The van der Waals surface area contributed by atoms with Crippen LogP contribution in [0.1, 0.15) is 21.6 Å². The lowest BCUT2D eigenvalue weighted by atomic mass is 10.1. The van der Waals surface area contributed by atoms with Crippen molar-refractivity contribution in [3.05, 3.63) is 78.0 Å². The standard InChI is InChI=1S/C19H14FN5O2/c1-12-2-3-14(22-7-12)5-18(26)17-6-16(10-25-19(17)23-11-24-25)27-15-4-13(20)8-21-9-15/h2-4,6-11H,5H2,1H3. The Balaban J connectivity index is 1.67. The molecule has 0 fully saturated rings. The molecule has 0 aliphatic carbocycles. The van der Waals surface area contributed by atoms with Crippen LogP contribution in [0.2, 0.25) is 0 Å². The summed E-state index contributed by atoms with van der Waals surface area (Å²) in [5.74, 6) is -0.156. The van der Waals surface area contributed by atoms with Crippen LogP contribution in [0.25, 0.3) is 5.65 Å². The first-order valence-electron chi connectivity index (χ1n) is 8.15. The third-order valence-corrected chi connectivity index (χ3v) is 3.88. The fourth-order valence-corrected chi connectivity index (χ4v) is 2.61. The Hall–Kier alpha value is -3.68. The highest BCUT2D eigenvalue weighted by molar-refractivity contribution is 6.02. The number of hydrogen-bond acceptors (Lipinski definition) is 6. The second-order valence-corrected chi connectivity index (χ2v) is 5.99. The van der Waals surface area contributed by atoms with Crippen molar-refractivity contribution < 1.29 is 13.9 Å². The maximum Gasteiger partial charge on any atom is 0.172 e. The van der Waals surface area contributed by atoms with Gasteiger partial charge < -0.3 is 4.74 Å². The van der Waals surface area contributed by atoms with Crippen molar-refractivity contribution in [3.8, 4) is 11.5 Å². The molecule has 0 unspecified atom stereocenters. The van der Waals surface area contributed by atoms with E-state index >= 15 is 0 Å². The minimum Gasteiger partial charge on any atom is -0.454 e. The third-order valence-electron chi connectivity index (χ3n) is 3.88. The highest BCUT2D eigenvalue weighted by Crippen LogP contribution is 2.24. The molecule has 7 nitrogen and oxygen atoms in total. The van der Waals surface area contributed by atoms with Gasteiger partial charge in [-0.25, -0.2) is 13.9 Å². The molecule has 0 aliphatic heterocycles. The van der Waals surface area contributed by atoms with Gasteiger partial charge in [0.15, 0.2) is 11.4 Å². The average Bonchev–Trinajstić information content (AvgIpc) is 3.11. The number of rotatable bonds is 5. The third kappa shape index (κ3) is 3.64. The number of Topliss-reactive ketones (excluding diaryl/α,β-unsaturated/α-hetero) is 1. The van der Waals surface area contributed by atoms with Gasteiger partial charge in [-0.3, -0.25) is 14.8 Å². The summed E-state index contributed by atoms with van der Waals surface area (Å²) < 4.78 is 20.4. The zero-order valence-electron chi connectivity index (χ0n) is 14.3. The van der Waals surface area contributed by atoms with Gasteiger partial charge >= 0.3 is 0 Å². The fourth-order valence-electron chi connectivity index (χ4n) is 2.61. The molecule has 0 saturated carbocycles. The van der Waals surface area contributed by atoms with Crippen molar-refractivity contribution in [2.24, 2.45) is 0 Å². The molecular weight excluding hydrogens is 349 g/mol. The fraction of sp³-hybridized carbons (Fsp3) is 0.105. The first kappa shape index (κ1) is 16.8. The van der Waals surface area contributed by atoms with Gasteiger partial charge in [0.05, 0.1) is 30.6 Å². The van der Waals surface area contributed by atoms with Crippen molar-refractivity contribution in [3.63, 3.8) is 0 Å². The molecule has 27 heavy (non-hydrogen) atoms. The van der Waals surface area contributed by atoms with E-state index in [1.54, 1.807) is 18.5 Å². The second-order valence-electron chi connectivity index (χ2n) is 5.99. The molecule has 4 aromatic heterocycles. The molecule has 4 heterocycles. The largest absolute Gasteiger partial charge is 0.454 e. The molecule has 0 spiro atoms. The maximum absolute atomic E-state index is 13.3. The highest BCUT2D eigenvalue weighted by atomic mass is 19.1. The van der Waals surface area contributed by atoms with Crippen LogP contribution >= 0.6 is 0 Å². The molecule has 4 rings (SSSR count). The predicted molar refractivity (Wildman–Crippen MR) is 94.3 cm³/mol.